The first kappa shape index (κ1) is 12.1. The van der Waals surface area contributed by atoms with Crippen LogP contribution < -0.4 is 0 Å². The molecule has 8 heteroatoms. The Bertz CT molecular complexity index is 531. The van der Waals surface area contributed by atoms with Crippen molar-refractivity contribution in [3.05, 3.63) is 17.2 Å². The number of hydrogen-bond acceptors (Lipinski definition) is 4. The van der Waals surface area contributed by atoms with Crippen molar-refractivity contribution in [2.45, 2.75) is 13.0 Å². The third-order valence-corrected chi connectivity index (χ3v) is 2.36. The molecule has 0 saturated heterocycles. The third kappa shape index (κ3) is 2.67. The van der Waals surface area contributed by atoms with Crippen LogP contribution in [0.1, 0.15) is 5.82 Å². The summed E-state index contributed by atoms with van der Waals surface area (Å²) in [5, 5.41) is 4.83. The van der Waals surface area contributed by atoms with Gasteiger partial charge in [-0.2, -0.15) is 5.10 Å². The van der Waals surface area contributed by atoms with Crippen LogP contribution in [0.3, 0.4) is 0 Å². The number of hydrogen-bond donors (Lipinski definition) is 0. The van der Waals surface area contributed by atoms with Crippen molar-refractivity contribution >= 4 is 22.6 Å². The van der Waals surface area contributed by atoms with E-state index in [1.165, 1.54) is 4.68 Å². The molecule has 0 aliphatic carbocycles. The van der Waals surface area contributed by atoms with Crippen LogP contribution >= 0.6 is 11.6 Å². The third-order valence-electron chi connectivity index (χ3n) is 2.07. The highest BCUT2D eigenvalue weighted by Crippen LogP contribution is 2.19. The van der Waals surface area contributed by atoms with Crippen LogP contribution in [0.2, 0.25) is 5.15 Å². The molecule has 0 amide bonds. The van der Waals surface area contributed by atoms with Crippen molar-refractivity contribution in [1.82, 2.24) is 19.7 Å². The van der Waals surface area contributed by atoms with Gasteiger partial charge in [0.2, 0.25) is 0 Å². The van der Waals surface area contributed by atoms with Gasteiger partial charge in [0.05, 0.1) is 11.6 Å². The van der Waals surface area contributed by atoms with Crippen LogP contribution in [-0.4, -0.2) is 32.8 Å². The van der Waals surface area contributed by atoms with E-state index in [9.17, 15) is 8.78 Å². The first-order valence-electron chi connectivity index (χ1n) is 4.78. The molecule has 2 heterocycles. The Morgan fingerprint density at radius 1 is 1.47 bits per heavy atom. The van der Waals surface area contributed by atoms with E-state index in [1.54, 1.807) is 13.2 Å². The number of fused-ring (bicyclic) bond motifs is 1. The van der Waals surface area contributed by atoms with Crippen molar-refractivity contribution in [1.29, 1.82) is 0 Å². The average Bonchev–Trinajstić information content (AvgIpc) is 2.61. The van der Waals surface area contributed by atoms with Crippen LogP contribution in [0, 0.1) is 0 Å². The lowest BCUT2D eigenvalue weighted by molar-refractivity contribution is 0.00776. The monoisotopic (exact) mass is 262 g/mol. The van der Waals surface area contributed by atoms with E-state index in [4.69, 9.17) is 16.3 Å². The fraction of sp³-hybridized carbons (Fsp3) is 0.444. The first-order chi connectivity index (χ1) is 8.08. The van der Waals surface area contributed by atoms with Gasteiger partial charge in [0.15, 0.2) is 11.5 Å². The fourth-order valence-corrected chi connectivity index (χ4v) is 1.56. The number of ether oxygens (including phenoxy) is 1. The smallest absolute Gasteiger partial charge is 0.261 e. The topological polar surface area (TPSA) is 52.8 Å². The van der Waals surface area contributed by atoms with Gasteiger partial charge in [-0.3, -0.25) is 4.68 Å². The van der Waals surface area contributed by atoms with Gasteiger partial charge in [-0.1, -0.05) is 11.6 Å². The highest BCUT2D eigenvalue weighted by atomic mass is 35.5. The van der Waals surface area contributed by atoms with E-state index in [-0.39, 0.29) is 17.6 Å². The maximum absolute atomic E-state index is 11.9. The predicted molar refractivity (Wildman–Crippen MR) is 57.0 cm³/mol. The number of aryl methyl sites for hydroxylation is 1. The second-order valence-corrected chi connectivity index (χ2v) is 3.70. The molecule has 0 aliphatic heterocycles. The summed E-state index contributed by atoms with van der Waals surface area (Å²) in [5.74, 6) is 0.256. The molecule has 0 saturated carbocycles. The largest absolute Gasteiger partial charge is 0.368 e. The summed E-state index contributed by atoms with van der Waals surface area (Å²) in [5.41, 5.74) is 0.542. The Kier molecular flexibility index (Phi) is 3.49. The number of rotatable bonds is 4. The van der Waals surface area contributed by atoms with E-state index in [2.05, 4.69) is 15.1 Å². The summed E-state index contributed by atoms with van der Waals surface area (Å²) >= 11 is 5.91. The molecule has 0 aliphatic rings. The molecule has 0 aromatic carbocycles. The zero-order valence-electron chi connectivity index (χ0n) is 8.90. The van der Waals surface area contributed by atoms with Gasteiger partial charge < -0.3 is 4.74 Å². The first-order valence-corrected chi connectivity index (χ1v) is 5.15. The molecule has 0 bridgehead atoms. The van der Waals surface area contributed by atoms with Crippen LogP contribution in [0.4, 0.5) is 8.78 Å². The molecular formula is C9H9ClF2N4O. The SMILES string of the molecule is Cn1ncc2c(Cl)nc(COCC(F)F)nc21. The quantitative estimate of drug-likeness (QED) is 0.789. The molecule has 0 N–H and O–H groups in total. The minimum absolute atomic E-state index is 0.106. The van der Waals surface area contributed by atoms with Crippen molar-refractivity contribution < 1.29 is 13.5 Å². The minimum atomic E-state index is -2.51. The maximum Gasteiger partial charge on any atom is 0.261 e. The van der Waals surface area contributed by atoms with Crippen LogP contribution in [-0.2, 0) is 18.4 Å². The molecule has 5 nitrogen and oxygen atoms in total. The highest BCUT2D eigenvalue weighted by Gasteiger charge is 2.10. The zero-order chi connectivity index (χ0) is 12.4. The standard InChI is InChI=1S/C9H9ClF2N4O/c1-16-9-5(2-13-16)8(10)14-7(15-9)4-17-3-6(11)12/h2,6H,3-4H2,1H3. The molecule has 17 heavy (non-hydrogen) atoms. The second-order valence-electron chi connectivity index (χ2n) is 3.34. The lowest BCUT2D eigenvalue weighted by atomic mass is 10.4. The summed E-state index contributed by atoms with van der Waals surface area (Å²) in [6.07, 6.45) is -0.965. The lowest BCUT2D eigenvalue weighted by Gasteiger charge is -2.03. The van der Waals surface area contributed by atoms with Crippen LogP contribution in [0.5, 0.6) is 0 Å². The molecular weight excluding hydrogens is 254 g/mol. The average molecular weight is 263 g/mol. The van der Waals surface area contributed by atoms with Crippen LogP contribution in [0.15, 0.2) is 6.20 Å². The van der Waals surface area contributed by atoms with Crippen molar-refractivity contribution in [2.24, 2.45) is 7.05 Å². The Morgan fingerprint density at radius 2 is 2.24 bits per heavy atom. The Balaban J connectivity index is 2.20. The van der Waals surface area contributed by atoms with Crippen molar-refractivity contribution in [3.63, 3.8) is 0 Å². The number of aromatic nitrogens is 4. The number of alkyl halides is 2. The summed E-state index contributed by atoms with van der Waals surface area (Å²) < 4.78 is 30.0. The highest BCUT2D eigenvalue weighted by molar-refractivity contribution is 6.33. The Hall–Kier alpha value is -1.34. The van der Waals surface area contributed by atoms with Gasteiger partial charge in [0, 0.05) is 7.05 Å². The summed E-state index contributed by atoms with van der Waals surface area (Å²) in [7, 11) is 1.70. The minimum Gasteiger partial charge on any atom is -0.368 e. The number of nitrogens with zero attached hydrogens (tertiary/aromatic N) is 4. The maximum atomic E-state index is 11.9. The van der Waals surface area contributed by atoms with E-state index in [1.807, 2.05) is 0 Å². The zero-order valence-corrected chi connectivity index (χ0v) is 9.66. The second kappa shape index (κ2) is 4.89. The van der Waals surface area contributed by atoms with Gasteiger partial charge in [0.25, 0.3) is 6.43 Å². The molecule has 0 unspecified atom stereocenters. The van der Waals surface area contributed by atoms with Crippen molar-refractivity contribution in [3.8, 4) is 0 Å². The van der Waals surface area contributed by atoms with Crippen molar-refractivity contribution in [2.75, 3.05) is 6.61 Å². The molecule has 0 atom stereocenters. The van der Waals surface area contributed by atoms with Gasteiger partial charge in [-0.05, 0) is 0 Å². The Labute approximate surface area is 100 Å². The molecule has 2 aromatic rings. The molecule has 2 rings (SSSR count). The summed E-state index contributed by atoms with van der Waals surface area (Å²) in [6.45, 7) is -0.754. The van der Waals surface area contributed by atoms with Gasteiger partial charge >= 0.3 is 0 Å². The normalized spacial score (nSPS) is 11.6. The molecule has 0 spiro atoms. The Morgan fingerprint density at radius 3 is 2.94 bits per heavy atom. The summed E-state index contributed by atoms with van der Waals surface area (Å²) in [6, 6.07) is 0. The lowest BCUT2D eigenvalue weighted by Crippen LogP contribution is -2.07. The van der Waals surface area contributed by atoms with E-state index >= 15 is 0 Å². The van der Waals surface area contributed by atoms with E-state index in [0.29, 0.717) is 11.0 Å². The molecule has 92 valence electrons. The van der Waals surface area contributed by atoms with E-state index in [0.717, 1.165) is 0 Å². The summed E-state index contributed by atoms with van der Waals surface area (Å²) in [4.78, 5) is 8.07. The number of halogens is 3. The molecule has 0 fully saturated rings. The van der Waals surface area contributed by atoms with Gasteiger partial charge in [0.1, 0.15) is 18.4 Å². The van der Waals surface area contributed by atoms with Crippen LogP contribution in [0.25, 0.3) is 11.0 Å². The van der Waals surface area contributed by atoms with E-state index < -0.39 is 13.0 Å². The fourth-order valence-electron chi connectivity index (χ4n) is 1.33. The molecule has 0 radical (unpaired) electrons. The predicted octanol–water partition coefficient (Wildman–Crippen LogP) is 1.80. The molecule has 2 aromatic heterocycles. The van der Waals surface area contributed by atoms with Gasteiger partial charge in [-0.25, -0.2) is 18.7 Å². The van der Waals surface area contributed by atoms with Gasteiger partial charge in [-0.15, -0.1) is 0 Å².